The summed E-state index contributed by atoms with van der Waals surface area (Å²) in [5, 5.41) is 2.45. The molecule has 0 spiro atoms. The zero-order chi connectivity index (χ0) is 13.3. The third kappa shape index (κ3) is 2.20. The molecule has 1 aromatic heterocycles. The van der Waals surface area contributed by atoms with Crippen LogP contribution in [0.2, 0.25) is 0 Å². The van der Waals surface area contributed by atoms with Gasteiger partial charge in [0, 0.05) is 0 Å². The summed E-state index contributed by atoms with van der Waals surface area (Å²) in [6, 6.07) is 5.83. The standard InChI is InChI=1S/C13H13FN2O2/c1-7-6-9(8(2)18-7)13(17)16-12-10(14)4-3-5-11(12)15/h3-6H,15H2,1-2H3,(H,16,17). The highest BCUT2D eigenvalue weighted by molar-refractivity contribution is 6.06. The summed E-state index contributed by atoms with van der Waals surface area (Å²) < 4.78 is 18.8. The van der Waals surface area contributed by atoms with E-state index in [2.05, 4.69) is 5.32 Å². The fourth-order valence-corrected chi connectivity index (χ4v) is 1.71. The van der Waals surface area contributed by atoms with Crippen molar-refractivity contribution in [1.29, 1.82) is 0 Å². The van der Waals surface area contributed by atoms with Gasteiger partial charge in [-0.3, -0.25) is 4.79 Å². The van der Waals surface area contributed by atoms with Gasteiger partial charge in [-0.05, 0) is 32.0 Å². The van der Waals surface area contributed by atoms with Crippen molar-refractivity contribution < 1.29 is 13.6 Å². The van der Waals surface area contributed by atoms with Crippen LogP contribution >= 0.6 is 0 Å². The molecule has 2 aromatic rings. The minimum atomic E-state index is -0.568. The summed E-state index contributed by atoms with van der Waals surface area (Å²) in [5.41, 5.74) is 6.15. The Morgan fingerprint density at radius 2 is 2.11 bits per heavy atom. The Kier molecular flexibility index (Phi) is 3.06. The van der Waals surface area contributed by atoms with Crippen LogP contribution in [0.1, 0.15) is 21.9 Å². The van der Waals surface area contributed by atoms with Gasteiger partial charge < -0.3 is 15.5 Å². The van der Waals surface area contributed by atoms with Gasteiger partial charge in [0.1, 0.15) is 23.0 Å². The summed E-state index contributed by atoms with van der Waals surface area (Å²) in [7, 11) is 0. The SMILES string of the molecule is Cc1cc(C(=O)Nc2c(N)cccc2F)c(C)o1. The second-order valence-corrected chi connectivity index (χ2v) is 3.99. The first kappa shape index (κ1) is 12.2. The molecule has 0 bridgehead atoms. The molecule has 1 aromatic carbocycles. The van der Waals surface area contributed by atoms with Gasteiger partial charge in [0.25, 0.3) is 5.91 Å². The van der Waals surface area contributed by atoms with Crippen LogP contribution in [0.3, 0.4) is 0 Å². The third-order valence-corrected chi connectivity index (χ3v) is 2.57. The molecular formula is C13H13FN2O2. The monoisotopic (exact) mass is 248 g/mol. The lowest BCUT2D eigenvalue weighted by atomic mass is 10.2. The van der Waals surface area contributed by atoms with Gasteiger partial charge in [0.2, 0.25) is 0 Å². The van der Waals surface area contributed by atoms with Crippen molar-refractivity contribution in [2.45, 2.75) is 13.8 Å². The van der Waals surface area contributed by atoms with E-state index in [0.29, 0.717) is 17.1 Å². The predicted molar refractivity (Wildman–Crippen MR) is 66.9 cm³/mol. The van der Waals surface area contributed by atoms with Gasteiger partial charge in [-0.2, -0.15) is 0 Å². The van der Waals surface area contributed by atoms with Crippen molar-refractivity contribution in [3.05, 3.63) is 47.2 Å². The van der Waals surface area contributed by atoms with Crippen LogP contribution in [0.25, 0.3) is 0 Å². The van der Waals surface area contributed by atoms with Crippen molar-refractivity contribution in [1.82, 2.24) is 0 Å². The van der Waals surface area contributed by atoms with E-state index in [1.165, 1.54) is 18.2 Å². The Morgan fingerprint density at radius 3 is 2.67 bits per heavy atom. The Morgan fingerprint density at radius 1 is 1.39 bits per heavy atom. The number of anilines is 2. The number of halogens is 1. The molecule has 3 N–H and O–H groups in total. The number of furan rings is 1. The summed E-state index contributed by atoms with van der Waals surface area (Å²) >= 11 is 0. The van der Waals surface area contributed by atoms with Crippen molar-refractivity contribution >= 4 is 17.3 Å². The number of nitrogen functional groups attached to an aromatic ring is 1. The maximum atomic E-state index is 13.5. The number of hydrogen-bond donors (Lipinski definition) is 2. The topological polar surface area (TPSA) is 68.3 Å². The molecule has 0 radical (unpaired) electrons. The van der Waals surface area contributed by atoms with Crippen molar-refractivity contribution in [2.24, 2.45) is 0 Å². The molecule has 0 saturated heterocycles. The number of carbonyl (C=O) groups excluding carboxylic acids is 1. The lowest BCUT2D eigenvalue weighted by Gasteiger charge is -2.08. The van der Waals surface area contributed by atoms with Crippen molar-refractivity contribution in [3.8, 4) is 0 Å². The number of benzene rings is 1. The lowest BCUT2D eigenvalue weighted by Crippen LogP contribution is -2.14. The highest BCUT2D eigenvalue weighted by atomic mass is 19.1. The molecule has 0 fully saturated rings. The number of carbonyl (C=O) groups is 1. The summed E-state index contributed by atoms with van der Waals surface area (Å²) in [5.74, 6) is 0.0986. The Balaban J connectivity index is 2.30. The number of para-hydroxylation sites is 1. The molecule has 5 heteroatoms. The molecule has 18 heavy (non-hydrogen) atoms. The predicted octanol–water partition coefficient (Wildman–Crippen LogP) is 2.87. The molecule has 1 heterocycles. The Labute approximate surface area is 104 Å². The van der Waals surface area contributed by atoms with E-state index in [0.717, 1.165) is 0 Å². The largest absolute Gasteiger partial charge is 0.466 e. The minimum absolute atomic E-state index is 0.0132. The van der Waals surface area contributed by atoms with Crippen LogP contribution in [0, 0.1) is 19.7 Å². The van der Waals surface area contributed by atoms with E-state index in [1.807, 2.05) is 0 Å². The number of aryl methyl sites for hydroxylation is 2. The van der Waals surface area contributed by atoms with E-state index in [-0.39, 0.29) is 11.4 Å². The molecule has 0 aliphatic carbocycles. The minimum Gasteiger partial charge on any atom is -0.466 e. The average molecular weight is 248 g/mol. The van der Waals surface area contributed by atoms with Crippen molar-refractivity contribution in [3.63, 3.8) is 0 Å². The summed E-state index contributed by atoms with van der Waals surface area (Å²) in [4.78, 5) is 12.0. The zero-order valence-electron chi connectivity index (χ0n) is 10.1. The zero-order valence-corrected chi connectivity index (χ0v) is 10.1. The smallest absolute Gasteiger partial charge is 0.259 e. The fraction of sp³-hybridized carbons (Fsp3) is 0.154. The maximum absolute atomic E-state index is 13.5. The molecule has 94 valence electrons. The van der Waals surface area contributed by atoms with Crippen LogP contribution in [-0.2, 0) is 0 Å². The lowest BCUT2D eigenvalue weighted by molar-refractivity contribution is 0.102. The van der Waals surface area contributed by atoms with E-state index in [1.54, 1.807) is 19.9 Å². The molecule has 1 amide bonds. The molecule has 0 unspecified atom stereocenters. The van der Waals surface area contributed by atoms with Gasteiger partial charge >= 0.3 is 0 Å². The number of nitrogens with two attached hydrogens (primary N) is 1. The number of rotatable bonds is 2. The molecule has 0 saturated carbocycles. The van der Waals surface area contributed by atoms with E-state index in [9.17, 15) is 9.18 Å². The maximum Gasteiger partial charge on any atom is 0.259 e. The number of hydrogen-bond acceptors (Lipinski definition) is 3. The van der Waals surface area contributed by atoms with Gasteiger partial charge in [-0.25, -0.2) is 4.39 Å². The Hall–Kier alpha value is -2.30. The van der Waals surface area contributed by atoms with Gasteiger partial charge in [-0.1, -0.05) is 6.07 Å². The first-order chi connectivity index (χ1) is 8.49. The second kappa shape index (κ2) is 4.52. The van der Waals surface area contributed by atoms with Crippen LogP contribution in [0.4, 0.5) is 15.8 Å². The quantitative estimate of drug-likeness (QED) is 0.803. The van der Waals surface area contributed by atoms with Gasteiger partial charge in [0.05, 0.1) is 11.3 Å². The van der Waals surface area contributed by atoms with Crippen LogP contribution in [-0.4, -0.2) is 5.91 Å². The van der Waals surface area contributed by atoms with Crippen LogP contribution < -0.4 is 11.1 Å². The molecule has 0 aliphatic heterocycles. The first-order valence-electron chi connectivity index (χ1n) is 5.41. The van der Waals surface area contributed by atoms with E-state index < -0.39 is 11.7 Å². The third-order valence-electron chi connectivity index (χ3n) is 2.57. The second-order valence-electron chi connectivity index (χ2n) is 3.99. The first-order valence-corrected chi connectivity index (χ1v) is 5.41. The van der Waals surface area contributed by atoms with Gasteiger partial charge in [0.15, 0.2) is 0 Å². The van der Waals surface area contributed by atoms with Crippen LogP contribution in [0.5, 0.6) is 0 Å². The molecule has 2 rings (SSSR count). The summed E-state index contributed by atoms with van der Waals surface area (Å²) in [6.07, 6.45) is 0. The molecule has 0 atom stereocenters. The highest BCUT2D eigenvalue weighted by Crippen LogP contribution is 2.23. The van der Waals surface area contributed by atoms with Gasteiger partial charge in [-0.15, -0.1) is 0 Å². The fourth-order valence-electron chi connectivity index (χ4n) is 1.71. The highest BCUT2D eigenvalue weighted by Gasteiger charge is 2.16. The van der Waals surface area contributed by atoms with Crippen LogP contribution in [0.15, 0.2) is 28.7 Å². The normalized spacial score (nSPS) is 10.4. The molecule has 4 nitrogen and oxygen atoms in total. The Bertz CT molecular complexity index is 585. The number of amides is 1. The molecule has 0 aliphatic rings. The number of nitrogens with one attached hydrogen (secondary N) is 1. The average Bonchev–Trinajstić information content (AvgIpc) is 2.63. The molecular weight excluding hydrogens is 235 g/mol. The van der Waals surface area contributed by atoms with E-state index >= 15 is 0 Å². The summed E-state index contributed by atoms with van der Waals surface area (Å²) in [6.45, 7) is 3.41. The van der Waals surface area contributed by atoms with Crippen molar-refractivity contribution in [2.75, 3.05) is 11.1 Å². The van der Waals surface area contributed by atoms with E-state index in [4.69, 9.17) is 10.2 Å².